The molecule has 0 amide bonds. The SMILES string of the molecule is C/C=C(\C)C(=O)O[C@@H]1CC(C)(C)C[C@H]2C3=CC[C@@H]4[C@@]5(C)CC[C@H](Oc6ccccc6C(C)=O)C(C)(C)[C@@H]5CC[C@@]4(C)[C@]3(C)CC[C@@]12C(=O)O. The maximum atomic E-state index is 13.6. The molecule has 0 radical (unpaired) electrons. The number of aliphatic carboxylic acids is 1. The van der Waals surface area contributed by atoms with E-state index in [-0.39, 0.29) is 44.9 Å². The average molecular weight is 673 g/mol. The summed E-state index contributed by atoms with van der Waals surface area (Å²) in [7, 11) is 0. The molecule has 0 saturated heterocycles. The molecule has 0 heterocycles. The highest BCUT2D eigenvalue weighted by Crippen LogP contribution is 2.76. The van der Waals surface area contributed by atoms with E-state index in [9.17, 15) is 19.5 Å². The number of benzene rings is 1. The number of carboxylic acid groups (broad SMARTS) is 1. The number of ketones is 1. The Morgan fingerprint density at radius 2 is 1.55 bits per heavy atom. The quantitative estimate of drug-likeness (QED) is 0.140. The van der Waals surface area contributed by atoms with Crippen LogP contribution < -0.4 is 4.74 Å². The van der Waals surface area contributed by atoms with E-state index in [1.165, 1.54) is 5.57 Å². The fourth-order valence-electron chi connectivity index (χ4n) is 12.5. The number of hydrogen-bond donors (Lipinski definition) is 1. The van der Waals surface area contributed by atoms with Gasteiger partial charge in [0.1, 0.15) is 23.4 Å². The summed E-state index contributed by atoms with van der Waals surface area (Å²) in [5.74, 6) is 0.229. The topological polar surface area (TPSA) is 89.9 Å². The van der Waals surface area contributed by atoms with Crippen molar-refractivity contribution < 1.29 is 29.0 Å². The molecule has 49 heavy (non-hydrogen) atoms. The minimum atomic E-state index is -1.12. The molecule has 0 aliphatic heterocycles. The third-order valence-electron chi connectivity index (χ3n) is 15.5. The van der Waals surface area contributed by atoms with Crippen LogP contribution in [0.4, 0.5) is 0 Å². The Balaban J connectivity index is 1.35. The predicted molar refractivity (Wildman–Crippen MR) is 192 cm³/mol. The first kappa shape index (κ1) is 35.9. The van der Waals surface area contributed by atoms with Crippen LogP contribution in [0.2, 0.25) is 0 Å². The molecule has 5 aliphatic carbocycles. The molecule has 6 rings (SSSR count). The lowest BCUT2D eigenvalue weighted by atomic mass is 9.33. The van der Waals surface area contributed by atoms with Crippen LogP contribution >= 0.6 is 0 Å². The molecule has 4 fully saturated rings. The molecule has 1 N–H and O–H groups in total. The van der Waals surface area contributed by atoms with Gasteiger partial charge in [0.05, 0.1) is 5.56 Å². The fourth-order valence-corrected chi connectivity index (χ4v) is 12.5. The average Bonchev–Trinajstić information content (AvgIpc) is 3.01. The molecule has 6 nitrogen and oxygen atoms in total. The summed E-state index contributed by atoms with van der Waals surface area (Å²) in [6.07, 6.45) is 11.3. The molecule has 1 aromatic rings. The van der Waals surface area contributed by atoms with E-state index in [4.69, 9.17) is 9.47 Å². The molecule has 0 spiro atoms. The highest BCUT2D eigenvalue weighted by Gasteiger charge is 2.71. The molecule has 6 heteroatoms. The van der Waals surface area contributed by atoms with Gasteiger partial charge in [0, 0.05) is 16.9 Å². The maximum absolute atomic E-state index is 13.6. The van der Waals surface area contributed by atoms with Crippen molar-refractivity contribution in [2.75, 3.05) is 0 Å². The number of esters is 1. The number of Topliss-reactive ketones (excluding diaryl/α,β-unsaturated/α-hetero) is 1. The minimum absolute atomic E-state index is 0.00724. The van der Waals surface area contributed by atoms with E-state index in [0.717, 1.165) is 44.9 Å². The first-order valence-electron chi connectivity index (χ1n) is 18.8. The van der Waals surface area contributed by atoms with E-state index in [1.807, 2.05) is 31.2 Å². The standard InChI is InChI=1S/C43H60O6/c1-11-26(2)36(45)49-35-25-38(4,5)24-30-29-16-17-33-40(8)20-19-34(48-31-15-13-12-14-28(31)27(3)44)39(6,7)32(40)18-21-42(33,10)41(29,9)22-23-43(30,35)37(46)47/h11-16,30,32-35H,17-25H2,1-10H3,(H,46,47)/b26-11+/t30-,32-,33+,34-,35+,40-,41+,42+,43-/m0/s1. The monoisotopic (exact) mass is 672 g/mol. The third-order valence-corrected chi connectivity index (χ3v) is 15.5. The van der Waals surface area contributed by atoms with E-state index in [0.29, 0.717) is 41.6 Å². The van der Waals surface area contributed by atoms with Crippen LogP contribution in [-0.4, -0.2) is 35.0 Å². The van der Waals surface area contributed by atoms with E-state index < -0.39 is 23.5 Å². The van der Waals surface area contributed by atoms with E-state index in [2.05, 4.69) is 54.5 Å². The second kappa shape index (κ2) is 11.8. The first-order valence-corrected chi connectivity index (χ1v) is 18.8. The van der Waals surface area contributed by atoms with Gasteiger partial charge in [0.2, 0.25) is 0 Å². The molecular weight excluding hydrogens is 612 g/mol. The second-order valence-corrected chi connectivity index (χ2v) is 18.6. The molecule has 4 saturated carbocycles. The van der Waals surface area contributed by atoms with Crippen molar-refractivity contribution in [1.82, 2.24) is 0 Å². The number of fused-ring (bicyclic) bond motifs is 7. The highest BCUT2D eigenvalue weighted by atomic mass is 16.5. The summed E-state index contributed by atoms with van der Waals surface area (Å²) in [6.45, 7) is 21.9. The van der Waals surface area contributed by atoms with Crippen LogP contribution in [0.1, 0.15) is 137 Å². The van der Waals surface area contributed by atoms with Gasteiger partial charge in [0.15, 0.2) is 5.78 Å². The number of carbonyl (C=O) groups excluding carboxylic acids is 2. The number of rotatable bonds is 6. The van der Waals surface area contributed by atoms with Crippen molar-refractivity contribution in [2.24, 2.45) is 50.2 Å². The number of hydrogen-bond acceptors (Lipinski definition) is 5. The largest absolute Gasteiger partial charge is 0.489 e. The van der Waals surface area contributed by atoms with Gasteiger partial charge in [-0.25, -0.2) is 4.79 Å². The van der Waals surface area contributed by atoms with Crippen molar-refractivity contribution in [2.45, 2.75) is 139 Å². The number of carboxylic acids is 1. The second-order valence-electron chi connectivity index (χ2n) is 18.6. The molecule has 0 bridgehead atoms. The van der Waals surface area contributed by atoms with Gasteiger partial charge in [-0.15, -0.1) is 0 Å². The maximum Gasteiger partial charge on any atom is 0.333 e. The molecule has 9 atom stereocenters. The molecule has 0 unspecified atom stereocenters. The number of para-hydroxylation sites is 1. The summed E-state index contributed by atoms with van der Waals surface area (Å²) >= 11 is 0. The van der Waals surface area contributed by atoms with E-state index in [1.54, 1.807) is 19.9 Å². The smallest absolute Gasteiger partial charge is 0.333 e. The number of allylic oxidation sites excluding steroid dienone is 3. The summed E-state index contributed by atoms with van der Waals surface area (Å²) in [5.41, 5.74) is 1.06. The van der Waals surface area contributed by atoms with Crippen molar-refractivity contribution >= 4 is 17.7 Å². The van der Waals surface area contributed by atoms with Crippen molar-refractivity contribution in [3.63, 3.8) is 0 Å². The summed E-state index contributed by atoms with van der Waals surface area (Å²) in [6, 6.07) is 7.65. The molecule has 5 aliphatic rings. The Hall–Kier alpha value is -2.89. The van der Waals surface area contributed by atoms with Crippen LogP contribution in [-0.2, 0) is 14.3 Å². The minimum Gasteiger partial charge on any atom is -0.489 e. The summed E-state index contributed by atoms with van der Waals surface area (Å²) < 4.78 is 13.0. The Bertz CT molecular complexity index is 1600. The number of carbonyl (C=O) groups is 3. The normalized spacial score (nSPS) is 40.7. The van der Waals surface area contributed by atoms with Gasteiger partial charge in [-0.3, -0.25) is 9.59 Å². The lowest BCUT2D eigenvalue weighted by Crippen LogP contribution is -2.67. The zero-order valence-electron chi connectivity index (χ0n) is 31.7. The lowest BCUT2D eigenvalue weighted by molar-refractivity contribution is -0.213. The van der Waals surface area contributed by atoms with Gasteiger partial charge in [-0.2, -0.15) is 0 Å². The van der Waals surface area contributed by atoms with Gasteiger partial charge >= 0.3 is 11.9 Å². The van der Waals surface area contributed by atoms with Crippen LogP contribution in [0, 0.1) is 50.2 Å². The Morgan fingerprint density at radius 1 is 0.857 bits per heavy atom. The Kier molecular flexibility index (Phi) is 8.68. The summed E-state index contributed by atoms with van der Waals surface area (Å²) in [4.78, 5) is 39.1. The summed E-state index contributed by atoms with van der Waals surface area (Å²) in [5, 5.41) is 11.1. The third kappa shape index (κ3) is 5.19. The Morgan fingerprint density at radius 3 is 2.20 bits per heavy atom. The first-order chi connectivity index (χ1) is 22.8. The van der Waals surface area contributed by atoms with Crippen LogP contribution in [0.3, 0.4) is 0 Å². The number of ether oxygens (including phenoxy) is 2. The van der Waals surface area contributed by atoms with Gasteiger partial charge < -0.3 is 14.6 Å². The predicted octanol–water partition coefficient (Wildman–Crippen LogP) is 10.0. The van der Waals surface area contributed by atoms with Crippen molar-refractivity contribution in [1.29, 1.82) is 0 Å². The zero-order chi connectivity index (χ0) is 35.9. The zero-order valence-corrected chi connectivity index (χ0v) is 31.7. The molecule has 268 valence electrons. The fraction of sp³-hybridized carbons (Fsp3) is 0.698. The van der Waals surface area contributed by atoms with Gasteiger partial charge in [0.25, 0.3) is 0 Å². The van der Waals surface area contributed by atoms with Crippen LogP contribution in [0.5, 0.6) is 5.75 Å². The molecule has 0 aromatic heterocycles. The van der Waals surface area contributed by atoms with Crippen molar-refractivity contribution in [3.8, 4) is 5.75 Å². The Labute approximate surface area is 294 Å². The lowest BCUT2D eigenvalue weighted by Gasteiger charge is -2.71. The molecule has 1 aromatic carbocycles. The van der Waals surface area contributed by atoms with Gasteiger partial charge in [-0.05, 0) is 124 Å². The molecular formula is C43H60O6. The van der Waals surface area contributed by atoms with Gasteiger partial charge in [-0.1, -0.05) is 78.3 Å². The van der Waals surface area contributed by atoms with Crippen LogP contribution in [0.25, 0.3) is 0 Å². The highest BCUT2D eigenvalue weighted by molar-refractivity contribution is 5.96. The van der Waals surface area contributed by atoms with Crippen molar-refractivity contribution in [3.05, 3.63) is 53.1 Å². The van der Waals surface area contributed by atoms with E-state index >= 15 is 0 Å². The van der Waals surface area contributed by atoms with Crippen LogP contribution in [0.15, 0.2) is 47.6 Å².